The van der Waals surface area contributed by atoms with Crippen LogP contribution in [-0.2, 0) is 6.54 Å². The lowest BCUT2D eigenvalue weighted by Gasteiger charge is -2.03. The van der Waals surface area contributed by atoms with Gasteiger partial charge in [-0.2, -0.15) is 8.75 Å². The molecule has 3 heterocycles. The van der Waals surface area contributed by atoms with E-state index in [4.69, 9.17) is 4.42 Å². The monoisotopic (exact) mass is 341 g/mol. The molecule has 0 radical (unpaired) electrons. The van der Waals surface area contributed by atoms with E-state index >= 15 is 0 Å². The topological polar surface area (TPSA) is 68.0 Å². The van der Waals surface area contributed by atoms with E-state index < -0.39 is 0 Å². The van der Waals surface area contributed by atoms with Crippen molar-refractivity contribution in [2.24, 2.45) is 0 Å². The van der Waals surface area contributed by atoms with Gasteiger partial charge in [-0.05, 0) is 41.3 Å². The van der Waals surface area contributed by atoms with E-state index in [1.807, 2.05) is 12.1 Å². The zero-order chi connectivity index (χ0) is 15.6. The van der Waals surface area contributed by atoms with E-state index in [1.165, 1.54) is 0 Å². The lowest BCUT2D eigenvalue weighted by Crippen LogP contribution is -2.22. The Balaban J connectivity index is 1.45. The summed E-state index contributed by atoms with van der Waals surface area (Å²) in [5, 5.41) is 4.99. The number of aromatic nitrogens is 2. The second-order valence-electron chi connectivity index (χ2n) is 4.96. The standard InChI is InChI=1S/C16H11N3O2S2/c20-16(10-1-2-14-15(6-10)19-23-18-14)17-7-13-5-12(9-22-13)11-3-4-21-8-11/h1-6,8-9H,7H2,(H,17,20). The predicted octanol–water partition coefficient (Wildman–Crippen LogP) is 3.94. The number of carbonyl (C=O) groups excluding carboxylic acids is 1. The van der Waals surface area contributed by atoms with Gasteiger partial charge in [-0.1, -0.05) is 0 Å². The Bertz CT molecular complexity index is 957. The third-order valence-electron chi connectivity index (χ3n) is 3.45. The summed E-state index contributed by atoms with van der Waals surface area (Å²) in [6.45, 7) is 0.495. The third kappa shape index (κ3) is 2.88. The van der Waals surface area contributed by atoms with Gasteiger partial charge < -0.3 is 9.73 Å². The van der Waals surface area contributed by atoms with Crippen LogP contribution in [0.5, 0.6) is 0 Å². The predicted molar refractivity (Wildman–Crippen MR) is 90.6 cm³/mol. The van der Waals surface area contributed by atoms with E-state index in [0.29, 0.717) is 12.1 Å². The molecule has 4 aromatic rings. The number of amides is 1. The zero-order valence-corrected chi connectivity index (χ0v) is 13.5. The Kier molecular flexibility index (Phi) is 3.64. The van der Waals surface area contributed by atoms with E-state index in [9.17, 15) is 4.79 Å². The Morgan fingerprint density at radius 1 is 1.13 bits per heavy atom. The quantitative estimate of drug-likeness (QED) is 0.610. The van der Waals surface area contributed by atoms with Crippen LogP contribution < -0.4 is 5.32 Å². The second kappa shape index (κ2) is 5.94. The SMILES string of the molecule is O=C(NCc1cc(-c2ccoc2)cs1)c1ccc2nsnc2c1. The van der Waals surface area contributed by atoms with Gasteiger partial charge in [0.05, 0.1) is 30.8 Å². The zero-order valence-electron chi connectivity index (χ0n) is 11.9. The minimum Gasteiger partial charge on any atom is -0.472 e. The van der Waals surface area contributed by atoms with Gasteiger partial charge in [0.15, 0.2) is 0 Å². The van der Waals surface area contributed by atoms with Crippen molar-refractivity contribution in [2.45, 2.75) is 6.54 Å². The molecular formula is C16H11N3O2S2. The number of rotatable bonds is 4. The summed E-state index contributed by atoms with van der Waals surface area (Å²) < 4.78 is 13.4. The molecule has 0 unspecified atom stereocenters. The first-order valence-corrected chi connectivity index (χ1v) is 8.51. The van der Waals surface area contributed by atoms with Gasteiger partial charge in [0, 0.05) is 16.0 Å². The van der Waals surface area contributed by atoms with Crippen molar-refractivity contribution in [3.05, 3.63) is 58.7 Å². The molecule has 1 aromatic carbocycles. The fraction of sp³-hybridized carbons (Fsp3) is 0.0625. The number of hydrogen-bond donors (Lipinski definition) is 1. The highest BCUT2D eigenvalue weighted by molar-refractivity contribution is 7.10. The van der Waals surface area contributed by atoms with Crippen molar-refractivity contribution in [1.29, 1.82) is 0 Å². The van der Waals surface area contributed by atoms with Crippen LogP contribution in [0.4, 0.5) is 0 Å². The maximum Gasteiger partial charge on any atom is 0.251 e. The van der Waals surface area contributed by atoms with Gasteiger partial charge in [0.2, 0.25) is 0 Å². The number of benzene rings is 1. The van der Waals surface area contributed by atoms with Crippen LogP contribution in [0.15, 0.2) is 52.7 Å². The molecule has 0 saturated heterocycles. The van der Waals surface area contributed by atoms with Crippen molar-refractivity contribution < 1.29 is 9.21 Å². The molecule has 0 bridgehead atoms. The summed E-state index contributed by atoms with van der Waals surface area (Å²) >= 11 is 2.76. The van der Waals surface area contributed by atoms with Crippen LogP contribution >= 0.6 is 23.1 Å². The van der Waals surface area contributed by atoms with Crippen molar-refractivity contribution in [1.82, 2.24) is 14.1 Å². The van der Waals surface area contributed by atoms with E-state index in [2.05, 4.69) is 25.5 Å². The number of hydrogen-bond acceptors (Lipinski definition) is 6. The van der Waals surface area contributed by atoms with Crippen LogP contribution in [0.3, 0.4) is 0 Å². The van der Waals surface area contributed by atoms with Gasteiger partial charge in [0.1, 0.15) is 11.0 Å². The normalized spacial score (nSPS) is 11.0. The third-order valence-corrected chi connectivity index (χ3v) is 4.94. The minimum absolute atomic E-state index is 0.113. The summed E-state index contributed by atoms with van der Waals surface area (Å²) in [5.41, 5.74) is 4.30. The fourth-order valence-electron chi connectivity index (χ4n) is 2.25. The van der Waals surface area contributed by atoms with E-state index in [-0.39, 0.29) is 5.91 Å². The van der Waals surface area contributed by atoms with Crippen LogP contribution in [-0.4, -0.2) is 14.7 Å². The summed E-state index contributed by atoms with van der Waals surface area (Å²) in [5.74, 6) is -0.113. The van der Waals surface area contributed by atoms with Crippen LogP contribution in [0.2, 0.25) is 0 Å². The van der Waals surface area contributed by atoms with E-state index in [0.717, 1.165) is 38.8 Å². The average molecular weight is 341 g/mol. The van der Waals surface area contributed by atoms with Gasteiger partial charge in [-0.25, -0.2) is 0 Å². The number of nitrogens with one attached hydrogen (secondary N) is 1. The second-order valence-corrected chi connectivity index (χ2v) is 6.49. The van der Waals surface area contributed by atoms with Gasteiger partial charge in [0.25, 0.3) is 5.91 Å². The first kappa shape index (κ1) is 14.1. The molecular weight excluding hydrogens is 330 g/mol. The summed E-state index contributed by atoms with van der Waals surface area (Å²) in [6, 6.07) is 9.32. The fourth-order valence-corrected chi connectivity index (χ4v) is 3.60. The number of thiophene rings is 1. The Morgan fingerprint density at radius 2 is 2.04 bits per heavy atom. The molecule has 0 aliphatic rings. The smallest absolute Gasteiger partial charge is 0.251 e. The van der Waals surface area contributed by atoms with Gasteiger partial charge in [-0.15, -0.1) is 11.3 Å². The van der Waals surface area contributed by atoms with Crippen molar-refractivity contribution >= 4 is 40.0 Å². The highest BCUT2D eigenvalue weighted by Crippen LogP contribution is 2.26. The van der Waals surface area contributed by atoms with Crippen LogP contribution in [0, 0.1) is 0 Å². The maximum absolute atomic E-state index is 12.3. The first-order chi connectivity index (χ1) is 11.3. The molecule has 0 aliphatic heterocycles. The Hall–Kier alpha value is -2.51. The first-order valence-electron chi connectivity index (χ1n) is 6.90. The molecule has 1 amide bonds. The summed E-state index contributed by atoms with van der Waals surface area (Å²) in [4.78, 5) is 13.3. The summed E-state index contributed by atoms with van der Waals surface area (Å²) in [7, 11) is 0. The van der Waals surface area contributed by atoms with Crippen LogP contribution in [0.25, 0.3) is 22.2 Å². The minimum atomic E-state index is -0.113. The largest absolute Gasteiger partial charge is 0.472 e. The molecule has 3 aromatic heterocycles. The number of fused-ring (bicyclic) bond motifs is 1. The molecule has 4 rings (SSSR count). The number of nitrogens with zero attached hydrogens (tertiary/aromatic N) is 2. The molecule has 0 saturated carbocycles. The Morgan fingerprint density at radius 3 is 2.91 bits per heavy atom. The molecule has 5 nitrogen and oxygen atoms in total. The molecule has 7 heteroatoms. The van der Waals surface area contributed by atoms with Gasteiger partial charge >= 0.3 is 0 Å². The maximum atomic E-state index is 12.3. The van der Waals surface area contributed by atoms with Crippen molar-refractivity contribution in [2.75, 3.05) is 0 Å². The molecule has 0 atom stereocenters. The van der Waals surface area contributed by atoms with Crippen molar-refractivity contribution in [3.8, 4) is 11.1 Å². The van der Waals surface area contributed by atoms with Crippen molar-refractivity contribution in [3.63, 3.8) is 0 Å². The molecule has 0 fully saturated rings. The molecule has 23 heavy (non-hydrogen) atoms. The molecule has 114 valence electrons. The highest BCUT2D eigenvalue weighted by Gasteiger charge is 2.09. The molecule has 0 spiro atoms. The lowest BCUT2D eigenvalue weighted by molar-refractivity contribution is 0.0951. The molecule has 0 aliphatic carbocycles. The number of carbonyl (C=O) groups is 1. The number of furan rings is 1. The summed E-state index contributed by atoms with van der Waals surface area (Å²) in [6.07, 6.45) is 3.36. The average Bonchev–Trinajstić information content (AvgIpc) is 3.32. The highest BCUT2D eigenvalue weighted by atomic mass is 32.1. The van der Waals surface area contributed by atoms with E-state index in [1.54, 1.807) is 36.0 Å². The van der Waals surface area contributed by atoms with Gasteiger partial charge in [-0.3, -0.25) is 4.79 Å². The Labute approximate surface area is 139 Å². The lowest BCUT2D eigenvalue weighted by atomic mass is 10.2. The molecule has 1 N–H and O–H groups in total. The van der Waals surface area contributed by atoms with Crippen LogP contribution in [0.1, 0.15) is 15.2 Å².